The fraction of sp³-hybridized carbons (Fsp3) is 0.200. The van der Waals surface area contributed by atoms with Crippen LogP contribution in [-0.2, 0) is 10.5 Å². The molecule has 0 aliphatic rings. The van der Waals surface area contributed by atoms with Crippen LogP contribution in [0.5, 0.6) is 0 Å². The second kappa shape index (κ2) is 8.50. The van der Waals surface area contributed by atoms with E-state index in [1.165, 1.54) is 18.3 Å². The zero-order chi connectivity index (χ0) is 17.8. The summed E-state index contributed by atoms with van der Waals surface area (Å²) < 4.78 is 1.86. The first kappa shape index (κ1) is 18.7. The van der Waals surface area contributed by atoms with Crippen molar-refractivity contribution in [1.82, 2.24) is 15.2 Å². The van der Waals surface area contributed by atoms with E-state index in [-0.39, 0.29) is 5.91 Å². The van der Waals surface area contributed by atoms with Crippen LogP contribution in [0.2, 0.25) is 5.02 Å². The third kappa shape index (κ3) is 4.73. The lowest BCUT2D eigenvalue weighted by atomic mass is 10.3. The minimum absolute atomic E-state index is 0.107. The molecular weight excluding hydrogens is 416 g/mol. The molecule has 2 aromatic heterocycles. The number of carbonyl (C=O) groups excluding carboxylic acids is 1. The van der Waals surface area contributed by atoms with Crippen molar-refractivity contribution in [3.63, 3.8) is 0 Å². The monoisotopic (exact) mass is 428 g/mol. The molecule has 0 fully saturated rings. The molecule has 0 saturated carbocycles. The minimum Gasteiger partial charge on any atom is -0.274 e. The molecule has 1 aromatic carbocycles. The van der Waals surface area contributed by atoms with Crippen molar-refractivity contribution in [3.8, 4) is 0 Å². The lowest BCUT2D eigenvalue weighted by Gasteiger charge is -2.18. The van der Waals surface area contributed by atoms with E-state index in [0.29, 0.717) is 21.6 Å². The summed E-state index contributed by atoms with van der Waals surface area (Å²) in [7, 11) is 0. The first-order chi connectivity index (χ1) is 12.1. The molecule has 0 bridgehead atoms. The number of rotatable bonds is 6. The number of benzene rings is 1. The van der Waals surface area contributed by atoms with E-state index in [4.69, 9.17) is 11.6 Å². The van der Waals surface area contributed by atoms with Gasteiger partial charge < -0.3 is 0 Å². The van der Waals surface area contributed by atoms with Crippen molar-refractivity contribution in [2.75, 3.05) is 11.2 Å². The molecule has 2 heterocycles. The van der Waals surface area contributed by atoms with Gasteiger partial charge in [0, 0.05) is 23.1 Å². The first-order valence-electron chi connectivity index (χ1n) is 7.08. The molecule has 10 heteroatoms. The van der Waals surface area contributed by atoms with Crippen LogP contribution < -0.4 is 4.90 Å². The molecule has 0 aliphatic heterocycles. The van der Waals surface area contributed by atoms with Crippen LogP contribution in [0.15, 0.2) is 38.3 Å². The Labute approximate surface area is 166 Å². The van der Waals surface area contributed by atoms with Crippen LogP contribution in [0.25, 0.3) is 0 Å². The third-order valence-electron chi connectivity index (χ3n) is 3.02. The van der Waals surface area contributed by atoms with E-state index in [2.05, 4.69) is 15.2 Å². The number of aromatic nitrogens is 3. The molecule has 3 rings (SSSR count). The van der Waals surface area contributed by atoms with Crippen molar-refractivity contribution < 1.29 is 4.79 Å². The van der Waals surface area contributed by atoms with Gasteiger partial charge >= 0.3 is 0 Å². The van der Waals surface area contributed by atoms with E-state index in [0.717, 1.165) is 14.4 Å². The summed E-state index contributed by atoms with van der Waals surface area (Å²) in [5.74, 6) is 0.574. The molecule has 0 saturated heterocycles. The lowest BCUT2D eigenvalue weighted by molar-refractivity contribution is -0.115. The summed E-state index contributed by atoms with van der Waals surface area (Å²) in [6.07, 6.45) is 1.98. The number of carbonyl (C=O) groups is 1. The van der Waals surface area contributed by atoms with Gasteiger partial charge in [0.25, 0.3) is 0 Å². The summed E-state index contributed by atoms with van der Waals surface area (Å²) in [6.45, 7) is 1.52. The molecular formula is C15H13ClN4OS4. The quantitative estimate of drug-likeness (QED) is 0.493. The molecule has 0 N–H and O–H groups in total. The smallest absolute Gasteiger partial charge is 0.230 e. The van der Waals surface area contributed by atoms with E-state index >= 15 is 0 Å². The Hall–Kier alpha value is -1.13. The third-order valence-corrected chi connectivity index (χ3v) is 7.19. The van der Waals surface area contributed by atoms with Gasteiger partial charge in [-0.05, 0) is 24.5 Å². The number of anilines is 2. The van der Waals surface area contributed by atoms with E-state index in [1.807, 2.05) is 23.8 Å². The molecule has 3 aromatic rings. The van der Waals surface area contributed by atoms with E-state index in [1.54, 1.807) is 51.9 Å². The molecule has 5 nitrogen and oxygen atoms in total. The fourth-order valence-electron chi connectivity index (χ4n) is 1.98. The zero-order valence-electron chi connectivity index (χ0n) is 13.3. The maximum atomic E-state index is 12.1. The molecule has 0 radical (unpaired) electrons. The van der Waals surface area contributed by atoms with Gasteiger partial charge in [-0.15, -0.1) is 21.5 Å². The molecule has 1 amide bonds. The highest BCUT2D eigenvalue weighted by molar-refractivity contribution is 8.02. The number of amides is 1. The van der Waals surface area contributed by atoms with E-state index in [9.17, 15) is 4.79 Å². The highest BCUT2D eigenvalue weighted by Crippen LogP contribution is 2.33. The molecule has 0 atom stereocenters. The Bertz CT molecular complexity index is 882. The van der Waals surface area contributed by atoms with Crippen LogP contribution in [0, 0.1) is 0 Å². The van der Waals surface area contributed by atoms with Gasteiger partial charge in [0.1, 0.15) is 0 Å². The standard InChI is InChI=1S/C15H13ClN4OS4/c1-9(21)20(12-5-3-4-10(16)6-12)13-17-11(7-23-13)8-24-15-19-18-14(22-2)25-15/h3-7H,8H2,1-2H3. The predicted molar refractivity (Wildman–Crippen MR) is 108 cm³/mol. The molecule has 25 heavy (non-hydrogen) atoms. The van der Waals surface area contributed by atoms with Crippen molar-refractivity contribution in [3.05, 3.63) is 40.4 Å². The molecule has 0 unspecified atom stereocenters. The van der Waals surface area contributed by atoms with Gasteiger partial charge in [0.15, 0.2) is 13.8 Å². The van der Waals surface area contributed by atoms with Crippen LogP contribution in [-0.4, -0.2) is 27.3 Å². The second-order valence-corrected chi connectivity index (χ2v) is 9.31. The fourth-order valence-corrected chi connectivity index (χ4v) is 5.49. The van der Waals surface area contributed by atoms with Gasteiger partial charge in [-0.3, -0.25) is 9.69 Å². The topological polar surface area (TPSA) is 59.0 Å². The molecule has 0 aliphatic carbocycles. The summed E-state index contributed by atoms with van der Waals surface area (Å²) in [5, 5.41) is 11.4. The van der Waals surface area contributed by atoms with Crippen molar-refractivity contribution in [2.24, 2.45) is 0 Å². The maximum absolute atomic E-state index is 12.1. The SMILES string of the molecule is CSc1nnc(SCc2csc(N(C(C)=O)c3cccc(Cl)c3)n2)s1. The van der Waals surface area contributed by atoms with Crippen LogP contribution in [0.3, 0.4) is 0 Å². The molecule has 0 spiro atoms. The van der Waals surface area contributed by atoms with Crippen molar-refractivity contribution in [1.29, 1.82) is 0 Å². The van der Waals surface area contributed by atoms with Gasteiger partial charge in [-0.2, -0.15) is 0 Å². The highest BCUT2D eigenvalue weighted by Gasteiger charge is 2.18. The van der Waals surface area contributed by atoms with Crippen LogP contribution in [0.4, 0.5) is 10.8 Å². The Morgan fingerprint density at radius 2 is 2.12 bits per heavy atom. The van der Waals surface area contributed by atoms with Crippen LogP contribution >= 0.6 is 57.8 Å². The second-order valence-electron chi connectivity index (χ2n) is 4.78. The summed E-state index contributed by atoms with van der Waals surface area (Å²) >= 11 is 12.2. The Kier molecular flexibility index (Phi) is 6.34. The summed E-state index contributed by atoms with van der Waals surface area (Å²) in [5.41, 5.74) is 1.61. The predicted octanol–water partition coefficient (Wildman–Crippen LogP) is 5.35. The normalized spacial score (nSPS) is 10.8. The van der Waals surface area contributed by atoms with E-state index < -0.39 is 0 Å². The Morgan fingerprint density at radius 3 is 2.80 bits per heavy atom. The number of thiazole rings is 1. The van der Waals surface area contributed by atoms with Gasteiger partial charge in [0.2, 0.25) is 5.91 Å². The summed E-state index contributed by atoms with van der Waals surface area (Å²) in [4.78, 5) is 18.3. The highest BCUT2D eigenvalue weighted by atomic mass is 35.5. The molecule has 130 valence electrons. The zero-order valence-corrected chi connectivity index (χ0v) is 17.3. The van der Waals surface area contributed by atoms with Gasteiger partial charge in [-0.1, -0.05) is 52.5 Å². The Morgan fingerprint density at radius 1 is 1.32 bits per heavy atom. The number of thioether (sulfide) groups is 2. The average Bonchev–Trinajstić information content (AvgIpc) is 3.22. The number of halogens is 1. The number of hydrogen-bond donors (Lipinski definition) is 0. The van der Waals surface area contributed by atoms with Crippen molar-refractivity contribution >= 4 is 74.5 Å². The summed E-state index contributed by atoms with van der Waals surface area (Å²) in [6, 6.07) is 7.19. The largest absolute Gasteiger partial charge is 0.274 e. The van der Waals surface area contributed by atoms with Crippen molar-refractivity contribution in [2.45, 2.75) is 21.4 Å². The average molecular weight is 429 g/mol. The lowest BCUT2D eigenvalue weighted by Crippen LogP contribution is -2.22. The minimum atomic E-state index is -0.107. The number of nitrogens with zero attached hydrogens (tertiary/aromatic N) is 4. The number of hydrogen-bond acceptors (Lipinski definition) is 8. The van der Waals surface area contributed by atoms with Gasteiger partial charge in [0.05, 0.1) is 11.4 Å². The maximum Gasteiger partial charge on any atom is 0.230 e. The first-order valence-corrected chi connectivity index (χ1v) is 11.4. The van der Waals surface area contributed by atoms with Gasteiger partial charge in [-0.25, -0.2) is 4.98 Å². The van der Waals surface area contributed by atoms with Crippen LogP contribution in [0.1, 0.15) is 12.6 Å². The Balaban J connectivity index is 1.75.